The Labute approximate surface area is 99.3 Å². The van der Waals surface area contributed by atoms with Crippen LogP contribution >= 0.6 is 0 Å². The van der Waals surface area contributed by atoms with Crippen LogP contribution < -0.4 is 0 Å². The average Bonchev–Trinajstić information content (AvgIpc) is 2.21. The van der Waals surface area contributed by atoms with Gasteiger partial charge in [-0.2, -0.15) is 0 Å². The standard InChI is InChI=1S/C11H18O6/c1-2-5-11(10(16)17,6-3-8(12)13)7-4-9(14)15/h2-7H2,1H3,(H,12,13)(H,14,15)(H,16,17). The zero-order chi connectivity index (χ0) is 13.5. The van der Waals surface area contributed by atoms with Crippen LogP contribution in [0.1, 0.15) is 45.4 Å². The van der Waals surface area contributed by atoms with Gasteiger partial charge >= 0.3 is 17.9 Å². The van der Waals surface area contributed by atoms with E-state index in [2.05, 4.69) is 0 Å². The van der Waals surface area contributed by atoms with Crippen LogP contribution in [0.3, 0.4) is 0 Å². The van der Waals surface area contributed by atoms with E-state index in [4.69, 9.17) is 10.2 Å². The van der Waals surface area contributed by atoms with Crippen molar-refractivity contribution in [3.63, 3.8) is 0 Å². The first-order valence-electron chi connectivity index (χ1n) is 5.51. The van der Waals surface area contributed by atoms with Crippen molar-refractivity contribution in [3.05, 3.63) is 0 Å². The number of carboxylic acid groups (broad SMARTS) is 3. The van der Waals surface area contributed by atoms with Crippen molar-refractivity contribution in [3.8, 4) is 0 Å². The first kappa shape index (κ1) is 15.4. The fraction of sp³-hybridized carbons (Fsp3) is 0.727. The maximum Gasteiger partial charge on any atom is 0.309 e. The Kier molecular flexibility index (Phi) is 6.23. The molecule has 0 aromatic heterocycles. The molecule has 0 bridgehead atoms. The molecule has 0 aliphatic rings. The molecule has 0 atom stereocenters. The monoisotopic (exact) mass is 246 g/mol. The minimum Gasteiger partial charge on any atom is -0.481 e. The molecular weight excluding hydrogens is 228 g/mol. The first-order valence-corrected chi connectivity index (χ1v) is 5.51. The summed E-state index contributed by atoms with van der Waals surface area (Å²) in [4.78, 5) is 32.3. The molecule has 0 unspecified atom stereocenters. The molecule has 6 nitrogen and oxygen atoms in total. The van der Waals surface area contributed by atoms with Crippen LogP contribution in [0.2, 0.25) is 0 Å². The molecule has 0 heterocycles. The van der Waals surface area contributed by atoms with Crippen molar-refractivity contribution < 1.29 is 29.7 Å². The Balaban J connectivity index is 4.77. The molecule has 0 spiro atoms. The van der Waals surface area contributed by atoms with Gasteiger partial charge in [0, 0.05) is 12.8 Å². The molecule has 0 aliphatic heterocycles. The lowest BCUT2D eigenvalue weighted by Gasteiger charge is -2.28. The van der Waals surface area contributed by atoms with E-state index in [0.717, 1.165) is 0 Å². The fourth-order valence-electron chi connectivity index (χ4n) is 1.87. The predicted octanol–water partition coefficient (Wildman–Crippen LogP) is 1.59. The summed E-state index contributed by atoms with van der Waals surface area (Å²) in [7, 11) is 0. The zero-order valence-electron chi connectivity index (χ0n) is 9.81. The van der Waals surface area contributed by atoms with Gasteiger partial charge in [0.1, 0.15) is 0 Å². The van der Waals surface area contributed by atoms with Gasteiger partial charge in [0.05, 0.1) is 5.41 Å². The van der Waals surface area contributed by atoms with Crippen molar-refractivity contribution in [1.29, 1.82) is 0 Å². The van der Waals surface area contributed by atoms with E-state index in [9.17, 15) is 19.5 Å². The Hall–Kier alpha value is -1.59. The second kappa shape index (κ2) is 6.88. The first-order chi connectivity index (χ1) is 7.84. The normalized spacial score (nSPS) is 11.1. The molecule has 6 heteroatoms. The lowest BCUT2D eigenvalue weighted by atomic mass is 9.75. The highest BCUT2D eigenvalue weighted by Gasteiger charge is 2.37. The van der Waals surface area contributed by atoms with Crippen LogP contribution in [0.15, 0.2) is 0 Å². The van der Waals surface area contributed by atoms with Crippen molar-refractivity contribution in [2.24, 2.45) is 5.41 Å². The Morgan fingerprint density at radius 2 is 1.29 bits per heavy atom. The predicted molar refractivity (Wildman–Crippen MR) is 58.7 cm³/mol. The summed E-state index contributed by atoms with van der Waals surface area (Å²) in [5, 5.41) is 26.4. The molecule has 0 radical (unpaired) electrons. The average molecular weight is 246 g/mol. The van der Waals surface area contributed by atoms with Gasteiger partial charge in [-0.25, -0.2) is 0 Å². The van der Waals surface area contributed by atoms with Crippen molar-refractivity contribution >= 4 is 17.9 Å². The number of carboxylic acids is 3. The minimum atomic E-state index is -1.23. The van der Waals surface area contributed by atoms with E-state index in [0.29, 0.717) is 12.8 Å². The Morgan fingerprint density at radius 3 is 1.53 bits per heavy atom. The maximum absolute atomic E-state index is 11.3. The molecule has 98 valence electrons. The number of rotatable bonds is 9. The number of aliphatic carboxylic acids is 3. The van der Waals surface area contributed by atoms with Gasteiger partial charge in [-0.05, 0) is 19.3 Å². The highest BCUT2D eigenvalue weighted by Crippen LogP contribution is 2.35. The largest absolute Gasteiger partial charge is 0.481 e. The molecule has 0 aromatic carbocycles. The number of hydrogen-bond donors (Lipinski definition) is 3. The van der Waals surface area contributed by atoms with E-state index < -0.39 is 23.3 Å². The third-order valence-corrected chi connectivity index (χ3v) is 2.82. The summed E-state index contributed by atoms with van der Waals surface area (Å²) < 4.78 is 0. The van der Waals surface area contributed by atoms with Gasteiger partial charge in [-0.3, -0.25) is 14.4 Å². The van der Waals surface area contributed by atoms with E-state index in [1.165, 1.54) is 0 Å². The van der Waals surface area contributed by atoms with Gasteiger partial charge in [-0.1, -0.05) is 13.3 Å². The summed E-state index contributed by atoms with van der Waals surface area (Å²) >= 11 is 0. The summed E-state index contributed by atoms with van der Waals surface area (Å²) in [6.07, 6.45) is 0.295. The van der Waals surface area contributed by atoms with Gasteiger partial charge in [0.25, 0.3) is 0 Å². The summed E-state index contributed by atoms with van der Waals surface area (Å²) in [5.74, 6) is -3.24. The lowest BCUT2D eigenvalue weighted by Crippen LogP contribution is -2.32. The second-order valence-corrected chi connectivity index (χ2v) is 4.12. The van der Waals surface area contributed by atoms with Crippen molar-refractivity contribution in [2.75, 3.05) is 0 Å². The van der Waals surface area contributed by atoms with Gasteiger partial charge in [0.15, 0.2) is 0 Å². The molecule has 3 N–H and O–H groups in total. The molecule has 0 rings (SSSR count). The quantitative estimate of drug-likeness (QED) is 0.569. The van der Waals surface area contributed by atoms with Gasteiger partial charge < -0.3 is 15.3 Å². The van der Waals surface area contributed by atoms with Gasteiger partial charge in [-0.15, -0.1) is 0 Å². The highest BCUT2D eigenvalue weighted by molar-refractivity contribution is 5.77. The van der Waals surface area contributed by atoms with E-state index in [-0.39, 0.29) is 25.7 Å². The van der Waals surface area contributed by atoms with Gasteiger partial charge in [0.2, 0.25) is 0 Å². The van der Waals surface area contributed by atoms with Crippen molar-refractivity contribution in [1.82, 2.24) is 0 Å². The lowest BCUT2D eigenvalue weighted by molar-refractivity contribution is -0.152. The number of hydrogen-bond acceptors (Lipinski definition) is 3. The Bertz CT molecular complexity index is 278. The van der Waals surface area contributed by atoms with Crippen LogP contribution in [0, 0.1) is 5.41 Å². The minimum absolute atomic E-state index is 0.0290. The molecule has 0 aromatic rings. The molecule has 17 heavy (non-hydrogen) atoms. The Morgan fingerprint density at radius 1 is 0.882 bits per heavy atom. The van der Waals surface area contributed by atoms with Crippen LogP contribution in [-0.4, -0.2) is 33.2 Å². The summed E-state index contributed by atoms with van der Waals surface area (Å²) in [5.41, 5.74) is -1.23. The fourth-order valence-corrected chi connectivity index (χ4v) is 1.87. The van der Waals surface area contributed by atoms with E-state index in [1.54, 1.807) is 6.92 Å². The van der Waals surface area contributed by atoms with E-state index >= 15 is 0 Å². The van der Waals surface area contributed by atoms with Crippen LogP contribution in [0.5, 0.6) is 0 Å². The van der Waals surface area contributed by atoms with Crippen LogP contribution in [0.4, 0.5) is 0 Å². The molecule has 0 aliphatic carbocycles. The summed E-state index contributed by atoms with van der Waals surface area (Å²) in [6.45, 7) is 1.79. The maximum atomic E-state index is 11.3. The molecule has 0 saturated heterocycles. The SMILES string of the molecule is CCCC(CCC(=O)O)(CCC(=O)O)C(=O)O. The topological polar surface area (TPSA) is 112 Å². The summed E-state index contributed by atoms with van der Waals surface area (Å²) in [6, 6.07) is 0. The van der Waals surface area contributed by atoms with Crippen LogP contribution in [0.25, 0.3) is 0 Å². The molecule has 0 fully saturated rings. The van der Waals surface area contributed by atoms with Crippen LogP contribution in [-0.2, 0) is 14.4 Å². The zero-order valence-corrected chi connectivity index (χ0v) is 9.81. The molecular formula is C11H18O6. The molecule has 0 amide bonds. The number of carbonyl (C=O) groups is 3. The highest BCUT2D eigenvalue weighted by atomic mass is 16.4. The smallest absolute Gasteiger partial charge is 0.309 e. The van der Waals surface area contributed by atoms with Crippen molar-refractivity contribution in [2.45, 2.75) is 45.4 Å². The van der Waals surface area contributed by atoms with E-state index in [1.807, 2.05) is 0 Å². The molecule has 0 saturated carbocycles. The third kappa shape index (κ3) is 5.33. The third-order valence-electron chi connectivity index (χ3n) is 2.82. The second-order valence-electron chi connectivity index (χ2n) is 4.12.